The van der Waals surface area contributed by atoms with Crippen LogP contribution in [0.5, 0.6) is 0 Å². The molecule has 0 aliphatic carbocycles. The number of hydrogen-bond acceptors (Lipinski definition) is 4. The fourth-order valence-corrected chi connectivity index (χ4v) is 3.21. The number of rotatable bonds is 3. The third-order valence-corrected chi connectivity index (χ3v) is 4.54. The highest BCUT2D eigenvalue weighted by molar-refractivity contribution is 6.30. The van der Waals surface area contributed by atoms with Gasteiger partial charge in [0.25, 0.3) is 5.91 Å². The number of anilines is 1. The Kier molecular flexibility index (Phi) is 4.33. The van der Waals surface area contributed by atoms with Crippen LogP contribution in [-0.4, -0.2) is 25.7 Å². The second-order valence-electron chi connectivity index (χ2n) is 6.16. The fraction of sp³-hybridized carbons (Fsp3) is 0.100. The van der Waals surface area contributed by atoms with Crippen LogP contribution in [0.3, 0.4) is 0 Å². The first-order chi connectivity index (χ1) is 13.0. The molecule has 0 aliphatic rings. The molecule has 0 bridgehead atoms. The molecule has 2 aromatic carbocycles. The molecule has 0 spiro atoms. The van der Waals surface area contributed by atoms with Crippen molar-refractivity contribution in [2.75, 3.05) is 5.32 Å². The summed E-state index contributed by atoms with van der Waals surface area (Å²) in [5.74, 6) is -0.362. The van der Waals surface area contributed by atoms with E-state index in [0.29, 0.717) is 22.1 Å². The lowest BCUT2D eigenvalue weighted by Crippen LogP contribution is -2.18. The average Bonchev–Trinajstić information content (AvgIpc) is 2.99. The number of benzene rings is 2. The fourth-order valence-electron chi connectivity index (χ4n) is 3.02. The van der Waals surface area contributed by atoms with E-state index in [2.05, 4.69) is 20.6 Å². The van der Waals surface area contributed by atoms with Crippen molar-refractivity contribution in [1.82, 2.24) is 19.8 Å². The molecule has 1 N–H and O–H groups in total. The zero-order valence-corrected chi connectivity index (χ0v) is 15.5. The quantitative estimate of drug-likeness (QED) is 0.577. The van der Waals surface area contributed by atoms with E-state index in [-0.39, 0.29) is 11.6 Å². The second-order valence-corrected chi connectivity index (χ2v) is 6.60. The molecule has 0 saturated carbocycles. The van der Waals surface area contributed by atoms with Crippen LogP contribution in [0, 0.1) is 13.8 Å². The highest BCUT2D eigenvalue weighted by Gasteiger charge is 2.20. The molecule has 4 rings (SSSR count). The Morgan fingerprint density at radius 2 is 1.81 bits per heavy atom. The van der Waals surface area contributed by atoms with Gasteiger partial charge in [0, 0.05) is 10.7 Å². The highest BCUT2D eigenvalue weighted by atomic mass is 35.5. The lowest BCUT2D eigenvalue weighted by molar-refractivity contribution is 0.102. The summed E-state index contributed by atoms with van der Waals surface area (Å²) in [4.78, 5) is 12.7. The molecule has 4 aromatic rings. The van der Waals surface area contributed by atoms with Crippen LogP contribution in [0.15, 0.2) is 54.6 Å². The Labute approximate surface area is 160 Å². The maximum absolute atomic E-state index is 12.7. The molecule has 27 heavy (non-hydrogen) atoms. The number of nitrogens with one attached hydrogen (secondary N) is 1. The van der Waals surface area contributed by atoms with Crippen molar-refractivity contribution < 1.29 is 4.79 Å². The first-order valence-electron chi connectivity index (χ1n) is 8.39. The van der Waals surface area contributed by atoms with E-state index in [4.69, 9.17) is 11.6 Å². The minimum atomic E-state index is -0.362. The van der Waals surface area contributed by atoms with E-state index in [0.717, 1.165) is 16.8 Å². The number of amides is 1. The standard InChI is InChI=1S/C20H16ClN5O/c1-12-17(14-7-4-3-5-8-14)19-24-23-18(13(2)26(19)25-12)20(27)22-16-10-6-9-15(21)11-16/h3-11H,1-2H3,(H,22,27). The highest BCUT2D eigenvalue weighted by Crippen LogP contribution is 2.27. The maximum Gasteiger partial charge on any atom is 0.278 e. The molecule has 2 heterocycles. The van der Waals surface area contributed by atoms with Gasteiger partial charge in [0.05, 0.1) is 17.0 Å². The Morgan fingerprint density at radius 1 is 1.04 bits per heavy atom. The molecular formula is C20H16ClN5O. The van der Waals surface area contributed by atoms with Crippen LogP contribution in [0.2, 0.25) is 5.02 Å². The average molecular weight is 378 g/mol. The van der Waals surface area contributed by atoms with Crippen molar-refractivity contribution in [3.8, 4) is 11.1 Å². The first-order valence-corrected chi connectivity index (χ1v) is 8.77. The zero-order valence-electron chi connectivity index (χ0n) is 14.8. The van der Waals surface area contributed by atoms with E-state index < -0.39 is 0 Å². The van der Waals surface area contributed by atoms with Gasteiger partial charge in [-0.05, 0) is 37.6 Å². The minimum Gasteiger partial charge on any atom is -0.320 e. The lowest BCUT2D eigenvalue weighted by atomic mass is 10.1. The number of hydrogen-bond donors (Lipinski definition) is 1. The zero-order chi connectivity index (χ0) is 19.0. The monoisotopic (exact) mass is 377 g/mol. The third kappa shape index (κ3) is 3.15. The minimum absolute atomic E-state index is 0.213. The van der Waals surface area contributed by atoms with E-state index in [1.807, 2.05) is 37.3 Å². The van der Waals surface area contributed by atoms with Gasteiger partial charge in [-0.3, -0.25) is 4.79 Å². The van der Waals surface area contributed by atoms with Crippen molar-refractivity contribution in [2.45, 2.75) is 13.8 Å². The normalized spacial score (nSPS) is 10.9. The van der Waals surface area contributed by atoms with Crippen LogP contribution in [0.1, 0.15) is 21.9 Å². The van der Waals surface area contributed by atoms with Crippen molar-refractivity contribution in [1.29, 1.82) is 0 Å². The number of aromatic nitrogens is 4. The summed E-state index contributed by atoms with van der Waals surface area (Å²) in [7, 11) is 0. The number of aryl methyl sites for hydroxylation is 2. The van der Waals surface area contributed by atoms with Gasteiger partial charge in [0.1, 0.15) is 0 Å². The third-order valence-electron chi connectivity index (χ3n) is 4.30. The van der Waals surface area contributed by atoms with Crippen LogP contribution in [-0.2, 0) is 0 Å². The Bertz CT molecular complexity index is 1150. The molecular weight excluding hydrogens is 362 g/mol. The summed E-state index contributed by atoms with van der Waals surface area (Å²) in [6.07, 6.45) is 0. The van der Waals surface area contributed by atoms with Crippen molar-refractivity contribution in [2.24, 2.45) is 0 Å². The van der Waals surface area contributed by atoms with E-state index in [9.17, 15) is 4.79 Å². The van der Waals surface area contributed by atoms with Crippen LogP contribution >= 0.6 is 11.6 Å². The topological polar surface area (TPSA) is 72.2 Å². The van der Waals surface area contributed by atoms with Gasteiger partial charge < -0.3 is 5.32 Å². The SMILES string of the molecule is Cc1nn2c(C)c(C(=O)Nc3cccc(Cl)c3)nnc2c1-c1ccccc1. The van der Waals surface area contributed by atoms with Crippen LogP contribution in [0.25, 0.3) is 16.8 Å². The van der Waals surface area contributed by atoms with Gasteiger partial charge >= 0.3 is 0 Å². The summed E-state index contributed by atoms with van der Waals surface area (Å²) in [5.41, 5.74) is 4.79. The van der Waals surface area contributed by atoms with Gasteiger partial charge in [-0.25, -0.2) is 4.52 Å². The van der Waals surface area contributed by atoms with Gasteiger partial charge in [0.15, 0.2) is 11.3 Å². The largest absolute Gasteiger partial charge is 0.320 e. The summed E-state index contributed by atoms with van der Waals surface area (Å²) >= 11 is 5.97. The summed E-state index contributed by atoms with van der Waals surface area (Å²) in [6.45, 7) is 3.72. The number of carbonyl (C=O) groups excluding carboxylic acids is 1. The number of nitrogens with zero attached hydrogens (tertiary/aromatic N) is 4. The molecule has 0 atom stereocenters. The summed E-state index contributed by atoms with van der Waals surface area (Å²) < 4.78 is 1.66. The van der Waals surface area contributed by atoms with Gasteiger partial charge in [-0.2, -0.15) is 5.10 Å². The predicted octanol–water partition coefficient (Wildman–Crippen LogP) is 4.31. The molecule has 0 radical (unpaired) electrons. The first kappa shape index (κ1) is 17.2. The Balaban J connectivity index is 1.76. The number of carbonyl (C=O) groups is 1. The molecule has 0 saturated heterocycles. The van der Waals surface area contributed by atoms with Gasteiger partial charge in [0.2, 0.25) is 0 Å². The van der Waals surface area contributed by atoms with E-state index in [1.54, 1.807) is 35.7 Å². The molecule has 1 amide bonds. The second kappa shape index (κ2) is 6.81. The number of halogens is 1. The van der Waals surface area contributed by atoms with E-state index >= 15 is 0 Å². The summed E-state index contributed by atoms with van der Waals surface area (Å²) in [5, 5.41) is 16.4. The lowest BCUT2D eigenvalue weighted by Gasteiger charge is -2.08. The molecule has 2 aromatic heterocycles. The Hall–Kier alpha value is -3.25. The predicted molar refractivity (Wildman–Crippen MR) is 105 cm³/mol. The number of fused-ring (bicyclic) bond motifs is 1. The smallest absolute Gasteiger partial charge is 0.278 e. The molecule has 0 unspecified atom stereocenters. The van der Waals surface area contributed by atoms with Crippen LogP contribution < -0.4 is 5.32 Å². The van der Waals surface area contributed by atoms with Crippen molar-refractivity contribution in [3.05, 3.63) is 76.7 Å². The van der Waals surface area contributed by atoms with Crippen molar-refractivity contribution in [3.63, 3.8) is 0 Å². The molecule has 134 valence electrons. The Morgan fingerprint density at radius 3 is 2.56 bits per heavy atom. The molecule has 7 heteroatoms. The summed E-state index contributed by atoms with van der Waals surface area (Å²) in [6, 6.07) is 16.8. The molecule has 6 nitrogen and oxygen atoms in total. The molecule has 0 fully saturated rings. The van der Waals surface area contributed by atoms with Crippen molar-refractivity contribution >= 4 is 28.8 Å². The van der Waals surface area contributed by atoms with Gasteiger partial charge in [-0.15, -0.1) is 10.2 Å². The van der Waals surface area contributed by atoms with E-state index in [1.165, 1.54) is 0 Å². The van der Waals surface area contributed by atoms with Crippen LogP contribution in [0.4, 0.5) is 5.69 Å². The maximum atomic E-state index is 12.7. The molecule has 0 aliphatic heterocycles. The van der Waals surface area contributed by atoms with Gasteiger partial charge in [-0.1, -0.05) is 48.0 Å².